The highest BCUT2D eigenvalue weighted by Gasteiger charge is 2.26. The van der Waals surface area contributed by atoms with E-state index in [-0.39, 0.29) is 0 Å². The van der Waals surface area contributed by atoms with Gasteiger partial charge in [-0.2, -0.15) is 5.10 Å². The van der Waals surface area contributed by atoms with Crippen molar-refractivity contribution < 1.29 is 4.74 Å². The van der Waals surface area contributed by atoms with Gasteiger partial charge in [-0.25, -0.2) is 9.50 Å². The summed E-state index contributed by atoms with van der Waals surface area (Å²) in [5.74, 6) is 2.45. The molecule has 5 rings (SSSR count). The lowest BCUT2D eigenvalue weighted by molar-refractivity contribution is 0.0353. The van der Waals surface area contributed by atoms with Gasteiger partial charge in [0, 0.05) is 44.6 Å². The molecule has 3 fully saturated rings. The van der Waals surface area contributed by atoms with E-state index in [9.17, 15) is 0 Å². The van der Waals surface area contributed by atoms with E-state index < -0.39 is 0 Å². The Balaban J connectivity index is 1.23. The lowest BCUT2D eigenvalue weighted by atomic mass is 9.83. The van der Waals surface area contributed by atoms with Crippen LogP contribution in [0.25, 0.3) is 5.52 Å². The molecule has 0 amide bonds. The minimum atomic E-state index is 0.431. The van der Waals surface area contributed by atoms with Gasteiger partial charge in [-0.1, -0.05) is 6.42 Å². The zero-order valence-electron chi connectivity index (χ0n) is 15.4. The number of piperidine rings is 1. The Hall–Kier alpha value is -1.66. The number of nitrogens with one attached hydrogen (secondary N) is 1. The van der Waals surface area contributed by atoms with Gasteiger partial charge in [0.2, 0.25) is 0 Å². The predicted octanol–water partition coefficient (Wildman–Crippen LogP) is 2.59. The largest absolute Gasteiger partial charge is 0.377 e. The van der Waals surface area contributed by atoms with Crippen LogP contribution in [0, 0.1) is 5.92 Å². The van der Waals surface area contributed by atoms with Gasteiger partial charge in [-0.3, -0.25) is 0 Å². The van der Waals surface area contributed by atoms with Gasteiger partial charge in [-0.05, 0) is 50.6 Å². The Bertz CT molecular complexity index is 742. The van der Waals surface area contributed by atoms with Crippen LogP contribution in [-0.2, 0) is 4.74 Å². The number of fused-ring (bicyclic) bond motifs is 1. The molecule has 1 aliphatic carbocycles. The minimum absolute atomic E-state index is 0.431. The Morgan fingerprint density at radius 1 is 1.15 bits per heavy atom. The summed E-state index contributed by atoms with van der Waals surface area (Å²) < 4.78 is 8.12. The van der Waals surface area contributed by atoms with E-state index in [0.29, 0.717) is 17.9 Å². The molecule has 140 valence electrons. The number of nitrogens with zero attached hydrogens (tertiary/aromatic N) is 4. The minimum Gasteiger partial charge on any atom is -0.377 e. The predicted molar refractivity (Wildman–Crippen MR) is 102 cm³/mol. The second-order valence-corrected chi connectivity index (χ2v) is 8.16. The van der Waals surface area contributed by atoms with Crippen molar-refractivity contribution in [2.75, 3.05) is 37.7 Å². The van der Waals surface area contributed by atoms with Gasteiger partial charge in [0.25, 0.3) is 0 Å². The highest BCUT2D eigenvalue weighted by atomic mass is 16.5. The summed E-state index contributed by atoms with van der Waals surface area (Å²) in [7, 11) is 0. The van der Waals surface area contributed by atoms with Crippen LogP contribution < -0.4 is 10.2 Å². The van der Waals surface area contributed by atoms with Crippen molar-refractivity contribution in [3.63, 3.8) is 0 Å². The molecule has 0 radical (unpaired) electrons. The Labute approximate surface area is 154 Å². The SMILES string of the molecule is c1cn2nc(C3CCC3)cc2c(N2CCC(COC3CCNC3)CC2)n1. The first-order valence-electron chi connectivity index (χ1n) is 10.3. The fraction of sp³-hybridized carbons (Fsp3) is 0.700. The van der Waals surface area contributed by atoms with E-state index in [1.807, 2.05) is 16.9 Å². The molecule has 1 atom stereocenters. The van der Waals surface area contributed by atoms with Gasteiger partial charge in [0.1, 0.15) is 5.52 Å². The zero-order valence-corrected chi connectivity index (χ0v) is 15.4. The van der Waals surface area contributed by atoms with Gasteiger partial charge < -0.3 is 15.0 Å². The summed E-state index contributed by atoms with van der Waals surface area (Å²) in [6, 6.07) is 2.27. The molecule has 26 heavy (non-hydrogen) atoms. The van der Waals surface area contributed by atoms with Crippen molar-refractivity contribution in [3.05, 3.63) is 24.2 Å². The molecule has 4 heterocycles. The zero-order chi connectivity index (χ0) is 17.3. The second-order valence-electron chi connectivity index (χ2n) is 8.16. The van der Waals surface area contributed by atoms with Crippen LogP contribution in [0.3, 0.4) is 0 Å². The quantitative estimate of drug-likeness (QED) is 0.893. The van der Waals surface area contributed by atoms with Crippen molar-refractivity contribution in [3.8, 4) is 0 Å². The van der Waals surface area contributed by atoms with Crippen LogP contribution in [-0.4, -0.2) is 53.5 Å². The van der Waals surface area contributed by atoms with Crippen molar-refractivity contribution in [1.29, 1.82) is 0 Å². The van der Waals surface area contributed by atoms with Gasteiger partial charge >= 0.3 is 0 Å². The molecule has 1 N–H and O–H groups in total. The fourth-order valence-electron chi connectivity index (χ4n) is 4.43. The maximum atomic E-state index is 6.09. The van der Waals surface area contributed by atoms with E-state index in [4.69, 9.17) is 14.8 Å². The highest BCUT2D eigenvalue weighted by molar-refractivity contribution is 5.69. The van der Waals surface area contributed by atoms with E-state index in [1.165, 1.54) is 43.3 Å². The summed E-state index contributed by atoms with van der Waals surface area (Å²) in [5.41, 5.74) is 2.42. The highest BCUT2D eigenvalue weighted by Crippen LogP contribution is 2.37. The molecule has 0 spiro atoms. The summed E-state index contributed by atoms with van der Waals surface area (Å²) in [6.45, 7) is 5.17. The molecule has 2 aromatic rings. The number of rotatable bonds is 5. The van der Waals surface area contributed by atoms with Gasteiger partial charge in [0.15, 0.2) is 5.82 Å². The van der Waals surface area contributed by atoms with Crippen LogP contribution >= 0.6 is 0 Å². The molecular formula is C20H29N5O. The lowest BCUT2D eigenvalue weighted by Crippen LogP contribution is -2.36. The van der Waals surface area contributed by atoms with Crippen molar-refractivity contribution in [2.45, 2.75) is 50.5 Å². The molecule has 3 aliphatic rings. The number of ether oxygens (including phenoxy) is 1. The van der Waals surface area contributed by atoms with Gasteiger partial charge in [-0.15, -0.1) is 0 Å². The Morgan fingerprint density at radius 2 is 2.04 bits per heavy atom. The van der Waals surface area contributed by atoms with E-state index in [0.717, 1.165) is 45.0 Å². The summed E-state index contributed by atoms with van der Waals surface area (Å²) >= 11 is 0. The number of hydrogen-bond donors (Lipinski definition) is 1. The third-order valence-electron chi connectivity index (χ3n) is 6.41. The number of anilines is 1. The molecule has 2 saturated heterocycles. The second kappa shape index (κ2) is 7.16. The monoisotopic (exact) mass is 355 g/mol. The van der Waals surface area contributed by atoms with E-state index in [1.54, 1.807) is 0 Å². The molecule has 2 aromatic heterocycles. The number of hydrogen-bond acceptors (Lipinski definition) is 5. The molecule has 6 nitrogen and oxygen atoms in total. The van der Waals surface area contributed by atoms with Crippen molar-refractivity contribution in [1.82, 2.24) is 19.9 Å². The third kappa shape index (κ3) is 3.21. The molecule has 1 saturated carbocycles. The fourth-order valence-corrected chi connectivity index (χ4v) is 4.43. The smallest absolute Gasteiger partial charge is 0.154 e. The Kier molecular flexibility index (Phi) is 4.55. The maximum Gasteiger partial charge on any atom is 0.154 e. The molecule has 0 aromatic carbocycles. The normalized spacial score (nSPS) is 25.1. The first-order chi connectivity index (χ1) is 12.9. The molecule has 1 unspecified atom stereocenters. The van der Waals surface area contributed by atoms with Crippen LogP contribution in [0.5, 0.6) is 0 Å². The average Bonchev–Trinajstić information content (AvgIpc) is 3.28. The van der Waals surface area contributed by atoms with Crippen molar-refractivity contribution >= 4 is 11.3 Å². The standard InChI is InChI=1S/C20H29N5O/c1-2-16(3-1)18-12-19-20(22-8-11-25(19)23-18)24-9-5-15(6-10-24)14-26-17-4-7-21-13-17/h8,11-12,15-17,21H,1-7,9-10,13-14H2. The molecule has 2 aliphatic heterocycles. The molecular weight excluding hydrogens is 326 g/mol. The first kappa shape index (κ1) is 16.5. The summed E-state index contributed by atoms with van der Waals surface area (Å²) in [6.07, 6.45) is 11.8. The van der Waals surface area contributed by atoms with Crippen LogP contribution in [0.1, 0.15) is 50.1 Å². The Morgan fingerprint density at radius 3 is 2.77 bits per heavy atom. The molecule has 0 bridgehead atoms. The van der Waals surface area contributed by atoms with E-state index in [2.05, 4.69) is 16.3 Å². The molecule has 6 heteroatoms. The first-order valence-corrected chi connectivity index (χ1v) is 10.3. The van der Waals surface area contributed by atoms with Crippen LogP contribution in [0.4, 0.5) is 5.82 Å². The summed E-state index contributed by atoms with van der Waals surface area (Å²) in [4.78, 5) is 7.15. The van der Waals surface area contributed by atoms with Gasteiger partial charge in [0.05, 0.1) is 11.8 Å². The van der Waals surface area contributed by atoms with Crippen molar-refractivity contribution in [2.24, 2.45) is 5.92 Å². The van der Waals surface area contributed by atoms with E-state index >= 15 is 0 Å². The average molecular weight is 355 g/mol. The summed E-state index contributed by atoms with van der Waals surface area (Å²) in [5, 5.41) is 8.18. The number of aromatic nitrogens is 3. The third-order valence-corrected chi connectivity index (χ3v) is 6.41. The topological polar surface area (TPSA) is 54.7 Å². The van der Waals surface area contributed by atoms with Crippen LogP contribution in [0.15, 0.2) is 18.5 Å². The maximum absolute atomic E-state index is 6.09. The lowest BCUT2D eigenvalue weighted by Gasteiger charge is -2.33. The van der Waals surface area contributed by atoms with Crippen LogP contribution in [0.2, 0.25) is 0 Å².